The number of hydrogen-bond acceptors (Lipinski definition) is 3. The van der Waals surface area contributed by atoms with Gasteiger partial charge in [0.05, 0.1) is 18.6 Å². The molecule has 0 amide bonds. The zero-order valence-electron chi connectivity index (χ0n) is 9.03. The fourth-order valence-corrected chi connectivity index (χ4v) is 2.07. The van der Waals surface area contributed by atoms with E-state index in [-0.39, 0.29) is 18.6 Å². The maximum atomic E-state index is 11.9. The molecule has 1 aromatic rings. The number of carboxylic acid groups (broad SMARTS) is 1. The molecule has 90 valence electrons. The summed E-state index contributed by atoms with van der Waals surface area (Å²) in [7, 11) is 0. The minimum Gasteiger partial charge on any atom is -0.492 e. The van der Waals surface area contributed by atoms with Crippen LogP contribution in [0.25, 0.3) is 0 Å². The SMILES string of the molecule is O=C(O)CCC(=O)c1cc(Cl)cc2c1OCC2. The van der Waals surface area contributed by atoms with E-state index in [4.69, 9.17) is 21.4 Å². The predicted octanol–water partition coefficient (Wildman–Crippen LogP) is 2.32. The van der Waals surface area contributed by atoms with Gasteiger partial charge in [0.2, 0.25) is 0 Å². The number of fused-ring (bicyclic) bond motifs is 1. The highest BCUT2D eigenvalue weighted by Gasteiger charge is 2.22. The van der Waals surface area contributed by atoms with Crippen molar-refractivity contribution < 1.29 is 19.4 Å². The summed E-state index contributed by atoms with van der Waals surface area (Å²) in [5.41, 5.74) is 1.31. The molecule has 0 aromatic heterocycles. The van der Waals surface area contributed by atoms with Gasteiger partial charge in [0.15, 0.2) is 5.78 Å². The minimum atomic E-state index is -0.988. The van der Waals surface area contributed by atoms with Gasteiger partial charge in [0.25, 0.3) is 0 Å². The number of carbonyl (C=O) groups excluding carboxylic acids is 1. The molecule has 0 spiro atoms. The first kappa shape index (κ1) is 11.9. The molecule has 1 aromatic carbocycles. The molecular weight excluding hydrogens is 244 g/mol. The molecular formula is C12H11ClO4. The van der Waals surface area contributed by atoms with E-state index in [1.807, 2.05) is 0 Å². The molecule has 1 aliphatic heterocycles. The Morgan fingerprint density at radius 1 is 1.35 bits per heavy atom. The Morgan fingerprint density at radius 3 is 2.82 bits per heavy atom. The molecule has 1 heterocycles. The van der Waals surface area contributed by atoms with Crippen LogP contribution < -0.4 is 4.74 Å². The first-order valence-electron chi connectivity index (χ1n) is 5.28. The first-order valence-corrected chi connectivity index (χ1v) is 5.66. The van der Waals surface area contributed by atoms with E-state index in [0.29, 0.717) is 22.9 Å². The number of carboxylic acids is 1. The number of aliphatic carboxylic acids is 1. The summed E-state index contributed by atoms with van der Waals surface area (Å²) in [4.78, 5) is 22.3. The number of ether oxygens (including phenoxy) is 1. The highest BCUT2D eigenvalue weighted by atomic mass is 35.5. The summed E-state index contributed by atoms with van der Waals surface area (Å²) in [6.45, 7) is 0.537. The van der Waals surface area contributed by atoms with Gasteiger partial charge >= 0.3 is 5.97 Å². The Hall–Kier alpha value is -1.55. The highest BCUT2D eigenvalue weighted by Crippen LogP contribution is 2.33. The van der Waals surface area contributed by atoms with Gasteiger partial charge in [0, 0.05) is 17.9 Å². The normalized spacial score (nSPS) is 13.0. The lowest BCUT2D eigenvalue weighted by molar-refractivity contribution is -0.136. The van der Waals surface area contributed by atoms with E-state index < -0.39 is 5.97 Å². The van der Waals surface area contributed by atoms with Crippen molar-refractivity contribution in [3.05, 3.63) is 28.3 Å². The Labute approximate surface area is 103 Å². The first-order chi connectivity index (χ1) is 8.08. The van der Waals surface area contributed by atoms with Crippen LogP contribution in [0, 0.1) is 0 Å². The quantitative estimate of drug-likeness (QED) is 0.838. The summed E-state index contributed by atoms with van der Waals surface area (Å²) in [5, 5.41) is 9.03. The number of halogens is 1. The van der Waals surface area contributed by atoms with Crippen LogP contribution in [0.2, 0.25) is 5.02 Å². The van der Waals surface area contributed by atoms with E-state index in [2.05, 4.69) is 0 Å². The number of hydrogen-bond donors (Lipinski definition) is 1. The van der Waals surface area contributed by atoms with Gasteiger partial charge < -0.3 is 9.84 Å². The summed E-state index contributed by atoms with van der Waals surface area (Å²) in [6.07, 6.45) is 0.515. The van der Waals surface area contributed by atoms with Gasteiger partial charge in [-0.3, -0.25) is 9.59 Å². The zero-order valence-corrected chi connectivity index (χ0v) is 9.79. The fourth-order valence-electron chi connectivity index (χ4n) is 1.83. The van der Waals surface area contributed by atoms with E-state index in [9.17, 15) is 9.59 Å². The van der Waals surface area contributed by atoms with Crippen molar-refractivity contribution in [1.29, 1.82) is 0 Å². The van der Waals surface area contributed by atoms with Gasteiger partial charge in [-0.2, -0.15) is 0 Å². The van der Waals surface area contributed by atoms with Crippen molar-refractivity contribution in [1.82, 2.24) is 0 Å². The number of Topliss-reactive ketones (excluding diaryl/α,β-unsaturated/α-hetero) is 1. The monoisotopic (exact) mass is 254 g/mol. The Kier molecular flexibility index (Phi) is 3.33. The van der Waals surface area contributed by atoms with Gasteiger partial charge in [0.1, 0.15) is 5.75 Å². The average Bonchev–Trinajstić information content (AvgIpc) is 2.72. The van der Waals surface area contributed by atoms with Crippen molar-refractivity contribution in [3.63, 3.8) is 0 Å². The molecule has 4 nitrogen and oxygen atoms in total. The highest BCUT2D eigenvalue weighted by molar-refractivity contribution is 6.31. The van der Waals surface area contributed by atoms with Gasteiger partial charge in [-0.15, -0.1) is 0 Å². The summed E-state index contributed by atoms with van der Waals surface area (Å²) < 4.78 is 5.39. The number of rotatable bonds is 4. The maximum Gasteiger partial charge on any atom is 0.303 e. The number of carbonyl (C=O) groups is 2. The van der Waals surface area contributed by atoms with Crippen molar-refractivity contribution in [2.24, 2.45) is 0 Å². The molecule has 0 aliphatic carbocycles. The summed E-state index contributed by atoms with van der Waals surface area (Å²) >= 11 is 5.91. The third-order valence-corrected chi connectivity index (χ3v) is 2.83. The van der Waals surface area contributed by atoms with Crippen LogP contribution in [-0.2, 0) is 11.2 Å². The molecule has 0 atom stereocenters. The second kappa shape index (κ2) is 4.75. The molecule has 5 heteroatoms. The lowest BCUT2D eigenvalue weighted by Crippen LogP contribution is -2.05. The van der Waals surface area contributed by atoms with Crippen LogP contribution in [0.15, 0.2) is 12.1 Å². The van der Waals surface area contributed by atoms with Crippen LogP contribution in [0.5, 0.6) is 5.75 Å². The third kappa shape index (κ3) is 2.58. The van der Waals surface area contributed by atoms with Crippen LogP contribution >= 0.6 is 11.6 Å². The Balaban J connectivity index is 2.26. The van der Waals surface area contributed by atoms with Crippen LogP contribution in [0.3, 0.4) is 0 Å². The maximum absolute atomic E-state index is 11.9. The lowest BCUT2D eigenvalue weighted by Gasteiger charge is -2.07. The molecule has 0 bridgehead atoms. The zero-order chi connectivity index (χ0) is 12.4. The predicted molar refractivity (Wildman–Crippen MR) is 61.9 cm³/mol. The molecule has 1 N–H and O–H groups in total. The van der Waals surface area contributed by atoms with Crippen LogP contribution in [0.1, 0.15) is 28.8 Å². The fraction of sp³-hybridized carbons (Fsp3) is 0.333. The van der Waals surface area contributed by atoms with Gasteiger partial charge in [-0.25, -0.2) is 0 Å². The molecule has 2 rings (SSSR count). The summed E-state index contributed by atoms with van der Waals surface area (Å²) in [6, 6.07) is 3.31. The van der Waals surface area contributed by atoms with Crippen LogP contribution in [0.4, 0.5) is 0 Å². The molecule has 17 heavy (non-hydrogen) atoms. The van der Waals surface area contributed by atoms with Crippen molar-refractivity contribution >= 4 is 23.4 Å². The number of ketones is 1. The molecule has 0 saturated carbocycles. The Morgan fingerprint density at radius 2 is 2.12 bits per heavy atom. The topological polar surface area (TPSA) is 63.6 Å². The van der Waals surface area contributed by atoms with E-state index in [1.54, 1.807) is 6.07 Å². The third-order valence-electron chi connectivity index (χ3n) is 2.61. The second-order valence-electron chi connectivity index (χ2n) is 3.86. The molecule has 0 unspecified atom stereocenters. The van der Waals surface area contributed by atoms with Gasteiger partial charge in [-0.1, -0.05) is 11.6 Å². The van der Waals surface area contributed by atoms with Crippen molar-refractivity contribution in [2.75, 3.05) is 6.61 Å². The summed E-state index contributed by atoms with van der Waals surface area (Å²) in [5.74, 6) is -0.671. The van der Waals surface area contributed by atoms with E-state index >= 15 is 0 Å². The van der Waals surface area contributed by atoms with Crippen molar-refractivity contribution in [3.8, 4) is 5.75 Å². The van der Waals surface area contributed by atoms with E-state index in [1.165, 1.54) is 6.07 Å². The molecule has 1 aliphatic rings. The van der Waals surface area contributed by atoms with Crippen molar-refractivity contribution in [2.45, 2.75) is 19.3 Å². The second-order valence-corrected chi connectivity index (χ2v) is 4.29. The van der Waals surface area contributed by atoms with Crippen LogP contribution in [-0.4, -0.2) is 23.5 Å². The van der Waals surface area contributed by atoms with Gasteiger partial charge in [-0.05, 0) is 17.7 Å². The average molecular weight is 255 g/mol. The van der Waals surface area contributed by atoms with E-state index in [0.717, 1.165) is 12.0 Å². The minimum absolute atomic E-state index is 0.0362. The smallest absolute Gasteiger partial charge is 0.303 e. The lowest BCUT2D eigenvalue weighted by atomic mass is 10.0. The molecule has 0 radical (unpaired) electrons. The molecule has 0 saturated heterocycles. The Bertz CT molecular complexity index is 482. The molecule has 0 fully saturated rings. The standard InChI is InChI=1S/C12H11ClO4/c13-8-5-7-3-4-17-12(7)9(6-8)10(14)1-2-11(15)16/h5-6H,1-4H2,(H,15,16). The number of benzene rings is 1. The largest absolute Gasteiger partial charge is 0.492 e.